The van der Waals surface area contributed by atoms with Crippen LogP contribution in [0, 0.1) is 5.92 Å². The van der Waals surface area contributed by atoms with Crippen LogP contribution in [0.1, 0.15) is 26.2 Å². The number of hydrogen-bond donors (Lipinski definition) is 1. The van der Waals surface area contributed by atoms with Gasteiger partial charge in [-0.1, -0.05) is 6.92 Å². The Bertz CT molecular complexity index is 201. The first-order valence-electron chi connectivity index (χ1n) is 6.90. The molecule has 0 aromatic carbocycles. The second-order valence-corrected chi connectivity index (χ2v) is 5.64. The van der Waals surface area contributed by atoms with Crippen molar-refractivity contribution in [3.05, 3.63) is 0 Å². The summed E-state index contributed by atoms with van der Waals surface area (Å²) in [5.41, 5.74) is 0. The van der Waals surface area contributed by atoms with Crippen molar-refractivity contribution in [2.24, 2.45) is 5.92 Å². The van der Waals surface area contributed by atoms with E-state index < -0.39 is 0 Å². The molecule has 3 heteroatoms. The largest absolute Gasteiger partial charge is 0.312 e. The number of rotatable bonds is 4. The molecule has 94 valence electrons. The van der Waals surface area contributed by atoms with Crippen LogP contribution in [0.2, 0.25) is 0 Å². The SMILES string of the molecule is CC1CN(C)CCC1NCCN1CCCC1. The highest BCUT2D eigenvalue weighted by molar-refractivity contribution is 4.81. The molecular weight excluding hydrogens is 198 g/mol. The number of likely N-dealkylation sites (tertiary alicyclic amines) is 2. The molecule has 2 aliphatic rings. The first-order chi connectivity index (χ1) is 7.75. The van der Waals surface area contributed by atoms with Crippen LogP contribution < -0.4 is 5.32 Å². The quantitative estimate of drug-likeness (QED) is 0.770. The number of nitrogens with one attached hydrogen (secondary N) is 1. The second-order valence-electron chi connectivity index (χ2n) is 5.64. The molecule has 0 aliphatic carbocycles. The summed E-state index contributed by atoms with van der Waals surface area (Å²) in [5.74, 6) is 0.803. The molecule has 2 heterocycles. The molecule has 3 nitrogen and oxygen atoms in total. The third-order valence-electron chi connectivity index (χ3n) is 4.14. The summed E-state index contributed by atoms with van der Waals surface area (Å²) < 4.78 is 0. The normalized spacial score (nSPS) is 33.4. The summed E-state index contributed by atoms with van der Waals surface area (Å²) in [4.78, 5) is 5.04. The fraction of sp³-hybridized carbons (Fsp3) is 1.00. The van der Waals surface area contributed by atoms with Gasteiger partial charge in [-0.15, -0.1) is 0 Å². The lowest BCUT2D eigenvalue weighted by Gasteiger charge is -2.35. The molecule has 2 rings (SSSR count). The average molecular weight is 225 g/mol. The van der Waals surface area contributed by atoms with Gasteiger partial charge in [-0.3, -0.25) is 0 Å². The van der Waals surface area contributed by atoms with Crippen LogP contribution in [-0.2, 0) is 0 Å². The van der Waals surface area contributed by atoms with Gasteiger partial charge in [-0.2, -0.15) is 0 Å². The van der Waals surface area contributed by atoms with Gasteiger partial charge in [0, 0.05) is 25.7 Å². The van der Waals surface area contributed by atoms with Gasteiger partial charge < -0.3 is 15.1 Å². The molecule has 16 heavy (non-hydrogen) atoms. The molecule has 0 bridgehead atoms. The van der Waals surface area contributed by atoms with Gasteiger partial charge >= 0.3 is 0 Å². The van der Waals surface area contributed by atoms with Crippen LogP contribution in [0.3, 0.4) is 0 Å². The monoisotopic (exact) mass is 225 g/mol. The van der Waals surface area contributed by atoms with Gasteiger partial charge in [0.2, 0.25) is 0 Å². The topological polar surface area (TPSA) is 18.5 Å². The van der Waals surface area contributed by atoms with Crippen molar-refractivity contribution in [3.63, 3.8) is 0 Å². The zero-order valence-corrected chi connectivity index (χ0v) is 10.9. The first kappa shape index (κ1) is 12.3. The van der Waals surface area contributed by atoms with Crippen LogP contribution >= 0.6 is 0 Å². The van der Waals surface area contributed by atoms with Crippen LogP contribution in [0.15, 0.2) is 0 Å². The molecule has 0 aromatic rings. The highest BCUT2D eigenvalue weighted by Gasteiger charge is 2.23. The Hall–Kier alpha value is -0.120. The van der Waals surface area contributed by atoms with Gasteiger partial charge in [-0.05, 0) is 51.9 Å². The molecular formula is C13H27N3. The molecule has 0 saturated carbocycles. The van der Waals surface area contributed by atoms with Gasteiger partial charge in [0.1, 0.15) is 0 Å². The summed E-state index contributed by atoms with van der Waals surface area (Å²) in [7, 11) is 2.23. The van der Waals surface area contributed by atoms with Crippen LogP contribution in [0.4, 0.5) is 0 Å². The van der Waals surface area contributed by atoms with Crippen LogP contribution in [-0.4, -0.2) is 62.2 Å². The lowest BCUT2D eigenvalue weighted by molar-refractivity contribution is 0.172. The van der Waals surface area contributed by atoms with E-state index in [-0.39, 0.29) is 0 Å². The Labute approximate surface area is 100 Å². The Kier molecular flexibility index (Phi) is 4.62. The molecule has 0 spiro atoms. The van der Waals surface area contributed by atoms with Gasteiger partial charge in [0.05, 0.1) is 0 Å². The van der Waals surface area contributed by atoms with Crippen LogP contribution in [0.25, 0.3) is 0 Å². The van der Waals surface area contributed by atoms with E-state index in [4.69, 9.17) is 0 Å². The van der Waals surface area contributed by atoms with Crippen LogP contribution in [0.5, 0.6) is 0 Å². The molecule has 2 fully saturated rings. The summed E-state index contributed by atoms with van der Waals surface area (Å²) in [6, 6.07) is 0.749. The van der Waals surface area contributed by atoms with Gasteiger partial charge in [0.25, 0.3) is 0 Å². The molecule has 0 amide bonds. The molecule has 2 aliphatic heterocycles. The van der Waals surface area contributed by atoms with Crippen molar-refractivity contribution in [3.8, 4) is 0 Å². The molecule has 0 radical (unpaired) electrons. The van der Waals surface area contributed by atoms with Crippen molar-refractivity contribution >= 4 is 0 Å². The maximum absolute atomic E-state index is 3.75. The minimum atomic E-state index is 0.749. The van der Waals surface area contributed by atoms with E-state index in [0.29, 0.717) is 0 Å². The van der Waals surface area contributed by atoms with E-state index in [9.17, 15) is 0 Å². The standard InChI is InChI=1S/C13H27N3/c1-12-11-15(2)9-5-13(12)14-6-10-16-7-3-4-8-16/h12-14H,3-11H2,1-2H3. The molecule has 0 aromatic heterocycles. The third-order valence-corrected chi connectivity index (χ3v) is 4.14. The van der Waals surface area contributed by atoms with Crippen molar-refractivity contribution in [1.82, 2.24) is 15.1 Å². The summed E-state index contributed by atoms with van der Waals surface area (Å²) in [6.45, 7) is 9.96. The zero-order valence-electron chi connectivity index (χ0n) is 10.9. The minimum absolute atomic E-state index is 0.749. The maximum atomic E-state index is 3.75. The molecule has 2 unspecified atom stereocenters. The van der Waals surface area contributed by atoms with E-state index in [2.05, 4.69) is 29.1 Å². The fourth-order valence-electron chi connectivity index (χ4n) is 3.07. The smallest absolute Gasteiger partial charge is 0.0118 e. The van der Waals surface area contributed by atoms with E-state index in [1.54, 1.807) is 0 Å². The Balaban J connectivity index is 1.61. The summed E-state index contributed by atoms with van der Waals surface area (Å²) in [5, 5.41) is 3.75. The zero-order chi connectivity index (χ0) is 11.4. The number of hydrogen-bond acceptors (Lipinski definition) is 3. The molecule has 2 saturated heterocycles. The number of nitrogens with zero attached hydrogens (tertiary/aromatic N) is 2. The summed E-state index contributed by atoms with van der Waals surface area (Å²) >= 11 is 0. The van der Waals surface area contributed by atoms with Gasteiger partial charge in [-0.25, -0.2) is 0 Å². The fourth-order valence-corrected chi connectivity index (χ4v) is 3.07. The highest BCUT2D eigenvalue weighted by Crippen LogP contribution is 2.15. The van der Waals surface area contributed by atoms with E-state index >= 15 is 0 Å². The Morgan fingerprint density at radius 3 is 2.62 bits per heavy atom. The van der Waals surface area contributed by atoms with E-state index in [1.807, 2.05) is 0 Å². The maximum Gasteiger partial charge on any atom is 0.0118 e. The number of piperidine rings is 1. The highest BCUT2D eigenvalue weighted by atomic mass is 15.2. The lowest BCUT2D eigenvalue weighted by atomic mass is 9.94. The average Bonchev–Trinajstić information content (AvgIpc) is 2.74. The molecule has 1 N–H and O–H groups in total. The van der Waals surface area contributed by atoms with Crippen molar-refractivity contribution in [2.75, 3.05) is 46.3 Å². The summed E-state index contributed by atoms with van der Waals surface area (Å²) in [6.07, 6.45) is 4.13. The Morgan fingerprint density at radius 1 is 1.19 bits per heavy atom. The van der Waals surface area contributed by atoms with Crippen molar-refractivity contribution < 1.29 is 0 Å². The Morgan fingerprint density at radius 2 is 1.94 bits per heavy atom. The first-order valence-corrected chi connectivity index (χ1v) is 6.90. The molecule has 2 atom stereocenters. The van der Waals surface area contributed by atoms with E-state index in [1.165, 1.54) is 58.5 Å². The van der Waals surface area contributed by atoms with Gasteiger partial charge in [0.15, 0.2) is 0 Å². The van der Waals surface area contributed by atoms with Crippen molar-refractivity contribution in [2.45, 2.75) is 32.2 Å². The predicted molar refractivity (Wildman–Crippen MR) is 68.7 cm³/mol. The van der Waals surface area contributed by atoms with Crippen molar-refractivity contribution in [1.29, 1.82) is 0 Å². The lowest BCUT2D eigenvalue weighted by Crippen LogP contribution is -2.48. The van der Waals surface area contributed by atoms with E-state index in [0.717, 1.165) is 12.0 Å². The second kappa shape index (κ2) is 5.99. The predicted octanol–water partition coefficient (Wildman–Crippen LogP) is 1.01. The minimum Gasteiger partial charge on any atom is -0.312 e. The third kappa shape index (κ3) is 3.44.